The maximum Gasteiger partial charge on any atom is 0.338 e. The zero-order valence-corrected chi connectivity index (χ0v) is 15.7. The van der Waals surface area contributed by atoms with Gasteiger partial charge in [0.05, 0.1) is 16.9 Å². The SMILES string of the molecule is CC1CC(=O)Nc2ccccc2N1C(=O)COC(=O)c1cccc(Br)c1. The Morgan fingerprint density at radius 1 is 1.23 bits per heavy atom. The third kappa shape index (κ3) is 3.94. The van der Waals surface area contributed by atoms with Crippen LogP contribution in [-0.4, -0.2) is 30.4 Å². The summed E-state index contributed by atoms with van der Waals surface area (Å²) in [6, 6.07) is 13.5. The van der Waals surface area contributed by atoms with Crippen LogP contribution in [-0.2, 0) is 14.3 Å². The standard InChI is InChI=1S/C19H17BrN2O4/c1-12-9-17(23)21-15-7-2-3-8-16(15)22(12)18(24)11-26-19(25)13-5-4-6-14(20)10-13/h2-8,10,12H,9,11H2,1H3,(H,21,23). The van der Waals surface area contributed by atoms with E-state index in [1.54, 1.807) is 55.5 Å². The zero-order chi connectivity index (χ0) is 18.7. The number of fused-ring (bicyclic) bond motifs is 1. The van der Waals surface area contributed by atoms with E-state index in [1.165, 1.54) is 4.90 Å². The molecule has 7 heteroatoms. The molecule has 0 saturated heterocycles. The van der Waals surface area contributed by atoms with E-state index in [2.05, 4.69) is 21.2 Å². The first-order chi connectivity index (χ1) is 12.5. The molecule has 1 heterocycles. The smallest absolute Gasteiger partial charge is 0.338 e. The summed E-state index contributed by atoms with van der Waals surface area (Å²) >= 11 is 3.29. The fraction of sp³-hybridized carbons (Fsp3) is 0.211. The molecule has 2 amide bonds. The lowest BCUT2D eigenvalue weighted by molar-refractivity contribution is -0.122. The van der Waals surface area contributed by atoms with Crippen LogP contribution >= 0.6 is 15.9 Å². The van der Waals surface area contributed by atoms with E-state index in [9.17, 15) is 14.4 Å². The van der Waals surface area contributed by atoms with Gasteiger partial charge in [0.1, 0.15) is 0 Å². The molecular formula is C19H17BrN2O4. The number of carbonyl (C=O) groups is 3. The molecule has 1 atom stereocenters. The van der Waals surface area contributed by atoms with Crippen molar-refractivity contribution in [3.05, 3.63) is 58.6 Å². The topological polar surface area (TPSA) is 75.7 Å². The van der Waals surface area contributed by atoms with Gasteiger partial charge in [-0.1, -0.05) is 34.1 Å². The molecule has 0 spiro atoms. The van der Waals surface area contributed by atoms with E-state index in [0.29, 0.717) is 16.9 Å². The molecule has 2 aromatic carbocycles. The molecule has 0 bridgehead atoms. The molecule has 0 fully saturated rings. The van der Waals surface area contributed by atoms with Crippen LogP contribution in [0.1, 0.15) is 23.7 Å². The molecule has 1 unspecified atom stereocenters. The van der Waals surface area contributed by atoms with Crippen molar-refractivity contribution in [1.82, 2.24) is 0 Å². The minimum Gasteiger partial charge on any atom is -0.452 e. The maximum atomic E-state index is 12.7. The quantitative estimate of drug-likeness (QED) is 0.778. The van der Waals surface area contributed by atoms with Crippen molar-refractivity contribution in [3.63, 3.8) is 0 Å². The van der Waals surface area contributed by atoms with Gasteiger partial charge < -0.3 is 15.0 Å². The van der Waals surface area contributed by atoms with Gasteiger partial charge in [-0.2, -0.15) is 0 Å². The molecule has 3 rings (SSSR count). The highest BCUT2D eigenvalue weighted by molar-refractivity contribution is 9.10. The third-order valence-corrected chi connectivity index (χ3v) is 4.51. The van der Waals surface area contributed by atoms with Crippen LogP contribution in [0.4, 0.5) is 11.4 Å². The van der Waals surface area contributed by atoms with Gasteiger partial charge in [0.15, 0.2) is 6.61 Å². The van der Waals surface area contributed by atoms with Gasteiger partial charge in [0.25, 0.3) is 5.91 Å². The molecule has 0 aliphatic carbocycles. The highest BCUT2D eigenvalue weighted by Crippen LogP contribution is 2.31. The van der Waals surface area contributed by atoms with E-state index in [1.807, 2.05) is 0 Å². The number of hydrogen-bond acceptors (Lipinski definition) is 4. The predicted molar refractivity (Wildman–Crippen MR) is 101 cm³/mol. The summed E-state index contributed by atoms with van der Waals surface area (Å²) in [5.41, 5.74) is 1.51. The molecule has 26 heavy (non-hydrogen) atoms. The van der Waals surface area contributed by atoms with Crippen molar-refractivity contribution in [2.45, 2.75) is 19.4 Å². The lowest BCUT2D eigenvalue weighted by Crippen LogP contribution is -2.41. The number of ether oxygens (including phenoxy) is 1. The van der Waals surface area contributed by atoms with E-state index in [0.717, 1.165) is 4.47 Å². The average molecular weight is 417 g/mol. The Morgan fingerprint density at radius 3 is 2.77 bits per heavy atom. The second-order valence-corrected chi connectivity index (χ2v) is 6.88. The second kappa shape index (κ2) is 7.70. The number of esters is 1. The molecule has 1 N–H and O–H groups in total. The summed E-state index contributed by atoms with van der Waals surface area (Å²) < 4.78 is 5.92. The molecule has 0 saturated carbocycles. The number of anilines is 2. The highest BCUT2D eigenvalue weighted by Gasteiger charge is 2.30. The number of nitrogens with zero attached hydrogens (tertiary/aromatic N) is 1. The van der Waals surface area contributed by atoms with Crippen LogP contribution in [0.15, 0.2) is 53.0 Å². The number of para-hydroxylation sites is 2. The molecule has 0 aromatic heterocycles. The van der Waals surface area contributed by atoms with Crippen molar-refractivity contribution in [1.29, 1.82) is 0 Å². The number of hydrogen-bond donors (Lipinski definition) is 1. The summed E-state index contributed by atoms with van der Waals surface area (Å²) in [6.07, 6.45) is 0.167. The Hall–Kier alpha value is -2.67. The zero-order valence-electron chi connectivity index (χ0n) is 14.1. The Labute approximate surface area is 159 Å². The Kier molecular flexibility index (Phi) is 5.37. The average Bonchev–Trinajstić information content (AvgIpc) is 2.73. The van der Waals surface area contributed by atoms with Crippen LogP contribution < -0.4 is 10.2 Å². The normalized spacial score (nSPS) is 16.3. The second-order valence-electron chi connectivity index (χ2n) is 5.97. The van der Waals surface area contributed by atoms with Crippen LogP contribution in [0.25, 0.3) is 0 Å². The molecular weight excluding hydrogens is 400 g/mol. The summed E-state index contributed by atoms with van der Waals surface area (Å²) in [5.74, 6) is -1.12. The van der Waals surface area contributed by atoms with Gasteiger partial charge in [-0.05, 0) is 37.3 Å². The van der Waals surface area contributed by atoms with Crippen molar-refractivity contribution in [3.8, 4) is 0 Å². The first-order valence-corrected chi connectivity index (χ1v) is 8.88. The van der Waals surface area contributed by atoms with E-state index in [4.69, 9.17) is 4.74 Å². The summed E-state index contributed by atoms with van der Waals surface area (Å²) in [5, 5.41) is 2.79. The molecule has 0 radical (unpaired) electrons. The van der Waals surface area contributed by atoms with Gasteiger partial charge in [0.2, 0.25) is 5.91 Å². The summed E-state index contributed by atoms with van der Waals surface area (Å²) in [6.45, 7) is 1.38. The molecule has 134 valence electrons. The Bertz CT molecular complexity index is 868. The summed E-state index contributed by atoms with van der Waals surface area (Å²) in [7, 11) is 0. The molecule has 6 nitrogen and oxygen atoms in total. The maximum absolute atomic E-state index is 12.7. The number of halogens is 1. The molecule has 1 aliphatic heterocycles. The Balaban J connectivity index is 1.76. The fourth-order valence-electron chi connectivity index (χ4n) is 2.86. The van der Waals surface area contributed by atoms with E-state index in [-0.39, 0.29) is 24.3 Å². The van der Waals surface area contributed by atoms with Crippen LogP contribution in [0.5, 0.6) is 0 Å². The first-order valence-electron chi connectivity index (χ1n) is 8.09. The molecule has 1 aliphatic rings. The minimum absolute atomic E-state index is 0.161. The van der Waals surface area contributed by atoms with Gasteiger partial charge in [-0.3, -0.25) is 9.59 Å². The first kappa shape index (κ1) is 18.1. The van der Waals surface area contributed by atoms with Gasteiger partial charge in [0, 0.05) is 16.9 Å². The van der Waals surface area contributed by atoms with Crippen molar-refractivity contribution in [2.24, 2.45) is 0 Å². The predicted octanol–water partition coefficient (Wildman–Crippen LogP) is 3.37. The monoisotopic (exact) mass is 416 g/mol. The number of rotatable bonds is 3. The van der Waals surface area contributed by atoms with E-state index < -0.39 is 12.6 Å². The largest absolute Gasteiger partial charge is 0.452 e. The number of nitrogens with one attached hydrogen (secondary N) is 1. The van der Waals surface area contributed by atoms with Gasteiger partial charge >= 0.3 is 5.97 Å². The van der Waals surface area contributed by atoms with Crippen molar-refractivity contribution in [2.75, 3.05) is 16.8 Å². The van der Waals surface area contributed by atoms with Crippen molar-refractivity contribution < 1.29 is 19.1 Å². The van der Waals surface area contributed by atoms with E-state index >= 15 is 0 Å². The highest BCUT2D eigenvalue weighted by atomic mass is 79.9. The van der Waals surface area contributed by atoms with Gasteiger partial charge in [-0.25, -0.2) is 4.79 Å². The Morgan fingerprint density at radius 2 is 2.00 bits per heavy atom. The number of carbonyl (C=O) groups excluding carboxylic acids is 3. The minimum atomic E-state index is -0.579. The third-order valence-electron chi connectivity index (χ3n) is 4.02. The van der Waals surface area contributed by atoms with Gasteiger partial charge in [-0.15, -0.1) is 0 Å². The summed E-state index contributed by atoms with van der Waals surface area (Å²) in [4.78, 5) is 38.4. The van der Waals surface area contributed by atoms with Crippen LogP contribution in [0.3, 0.4) is 0 Å². The number of benzene rings is 2. The van der Waals surface area contributed by atoms with Crippen molar-refractivity contribution >= 4 is 45.1 Å². The lowest BCUT2D eigenvalue weighted by atomic mass is 10.1. The van der Waals surface area contributed by atoms with Crippen LogP contribution in [0.2, 0.25) is 0 Å². The molecule has 2 aromatic rings. The fourth-order valence-corrected chi connectivity index (χ4v) is 3.26. The lowest BCUT2D eigenvalue weighted by Gasteiger charge is -2.27. The number of amides is 2. The van der Waals surface area contributed by atoms with Crippen LogP contribution in [0, 0.1) is 0 Å².